The van der Waals surface area contributed by atoms with E-state index in [-0.39, 0.29) is 12.4 Å². The first-order valence-electron chi connectivity index (χ1n) is 11.8. The Balaban J connectivity index is 1.56. The van der Waals surface area contributed by atoms with Gasteiger partial charge in [-0.1, -0.05) is 37.3 Å². The van der Waals surface area contributed by atoms with E-state index >= 15 is 0 Å². The van der Waals surface area contributed by atoms with Crippen molar-refractivity contribution in [2.75, 3.05) is 13.2 Å². The van der Waals surface area contributed by atoms with Crippen LogP contribution in [0.2, 0.25) is 0 Å². The van der Waals surface area contributed by atoms with Crippen LogP contribution in [0.15, 0.2) is 48.7 Å². The smallest absolute Gasteiger partial charge is 0.454 e. The molecule has 1 fully saturated rings. The Labute approximate surface area is 208 Å². The minimum absolute atomic E-state index is 0.0858. The number of hydrogen-bond donors (Lipinski definition) is 5. The average molecular weight is 502 g/mol. The zero-order chi connectivity index (χ0) is 25.9. The molecular formula is C26H31NO9. The van der Waals surface area contributed by atoms with Crippen LogP contribution in [-0.2, 0) is 27.1 Å². The van der Waals surface area contributed by atoms with E-state index in [0.29, 0.717) is 11.8 Å². The van der Waals surface area contributed by atoms with Crippen molar-refractivity contribution in [3.05, 3.63) is 65.4 Å². The van der Waals surface area contributed by atoms with Crippen LogP contribution in [0, 0.1) is 0 Å². The molecule has 0 aliphatic carbocycles. The van der Waals surface area contributed by atoms with Crippen LogP contribution < -0.4 is 4.74 Å². The number of aliphatic hydroxyl groups is 4. The van der Waals surface area contributed by atoms with Crippen LogP contribution in [0.4, 0.5) is 4.79 Å². The molecule has 1 unspecified atom stereocenters. The van der Waals surface area contributed by atoms with Gasteiger partial charge in [0, 0.05) is 17.1 Å². The molecule has 0 radical (unpaired) electrons. The van der Waals surface area contributed by atoms with Gasteiger partial charge in [-0.15, -0.1) is 0 Å². The van der Waals surface area contributed by atoms with Gasteiger partial charge < -0.3 is 44.4 Å². The molecule has 4 rings (SSSR count). The van der Waals surface area contributed by atoms with Crippen molar-refractivity contribution in [1.29, 1.82) is 0 Å². The minimum atomic E-state index is -2.70. The lowest BCUT2D eigenvalue weighted by atomic mass is 9.95. The molecule has 0 bridgehead atoms. The first kappa shape index (κ1) is 25.9. The maximum Gasteiger partial charge on any atom is 0.508 e. The van der Waals surface area contributed by atoms with Gasteiger partial charge in [-0.2, -0.15) is 0 Å². The number of ether oxygens (including phenoxy) is 4. The molecule has 1 saturated heterocycles. The quantitative estimate of drug-likeness (QED) is 0.231. The molecule has 1 aliphatic heterocycles. The highest BCUT2D eigenvalue weighted by molar-refractivity contribution is 5.89. The van der Waals surface area contributed by atoms with Gasteiger partial charge in [0.2, 0.25) is 6.29 Å². The number of aromatic amines is 1. The maximum absolute atomic E-state index is 11.4. The second kappa shape index (κ2) is 10.9. The fourth-order valence-corrected chi connectivity index (χ4v) is 4.23. The fraction of sp³-hybridized carbons (Fsp3) is 0.423. The zero-order valence-electron chi connectivity index (χ0n) is 20.1. The standard InChI is InChI=1S/C26H31NO9/c1-3-15-8-10-16(11-9-15)12-17-13-27-18-6-5-7-19(21(17)18)36-26(32)23(29)22(28)20(35-24(26)30)14-34-25(31)33-4-2/h5-11,13,20,22-24,27-30,32H,3-4,12,14H2,1-2H3/t20-,22-,23+,24?,26+/m1/s1. The second-order valence-electron chi connectivity index (χ2n) is 8.65. The average Bonchev–Trinajstić information content (AvgIpc) is 3.29. The van der Waals surface area contributed by atoms with Crippen molar-refractivity contribution in [1.82, 2.24) is 4.98 Å². The molecule has 5 N–H and O–H groups in total. The summed E-state index contributed by atoms with van der Waals surface area (Å²) in [5.74, 6) is -2.53. The van der Waals surface area contributed by atoms with Gasteiger partial charge in [0.15, 0.2) is 6.10 Å². The Bertz CT molecular complexity index is 1180. The summed E-state index contributed by atoms with van der Waals surface area (Å²) < 4.78 is 20.5. The van der Waals surface area contributed by atoms with E-state index < -0.39 is 43.2 Å². The third-order valence-electron chi connectivity index (χ3n) is 6.26. The molecule has 2 aromatic carbocycles. The van der Waals surface area contributed by atoms with Crippen molar-refractivity contribution >= 4 is 17.1 Å². The molecule has 5 atom stereocenters. The molecule has 36 heavy (non-hydrogen) atoms. The number of aromatic nitrogens is 1. The lowest BCUT2D eigenvalue weighted by Gasteiger charge is -2.45. The van der Waals surface area contributed by atoms with Gasteiger partial charge in [0.25, 0.3) is 5.79 Å². The van der Waals surface area contributed by atoms with E-state index in [0.717, 1.165) is 23.1 Å². The Morgan fingerprint density at radius 2 is 1.78 bits per heavy atom. The van der Waals surface area contributed by atoms with Crippen LogP contribution in [0.5, 0.6) is 5.75 Å². The van der Waals surface area contributed by atoms with Gasteiger partial charge in [-0.05, 0) is 48.6 Å². The highest BCUT2D eigenvalue weighted by Gasteiger charge is 2.57. The van der Waals surface area contributed by atoms with Gasteiger partial charge in [-0.25, -0.2) is 4.79 Å². The van der Waals surface area contributed by atoms with E-state index in [9.17, 15) is 25.2 Å². The number of carbonyl (C=O) groups is 1. The van der Waals surface area contributed by atoms with Gasteiger partial charge in [0.05, 0.1) is 6.61 Å². The highest BCUT2D eigenvalue weighted by Crippen LogP contribution is 2.37. The zero-order valence-corrected chi connectivity index (χ0v) is 20.1. The largest absolute Gasteiger partial charge is 0.508 e. The number of carbonyl (C=O) groups excluding carboxylic acids is 1. The van der Waals surface area contributed by atoms with Gasteiger partial charge in [0.1, 0.15) is 24.6 Å². The summed E-state index contributed by atoms with van der Waals surface area (Å²) >= 11 is 0. The molecule has 10 heteroatoms. The summed E-state index contributed by atoms with van der Waals surface area (Å²) in [5, 5.41) is 43.5. The number of rotatable bonds is 8. The third kappa shape index (κ3) is 5.18. The van der Waals surface area contributed by atoms with Crippen molar-refractivity contribution < 1.29 is 44.2 Å². The van der Waals surface area contributed by atoms with Crippen molar-refractivity contribution in [3.8, 4) is 5.75 Å². The molecule has 1 aliphatic rings. The van der Waals surface area contributed by atoms with E-state index in [1.165, 1.54) is 5.56 Å². The number of fused-ring (bicyclic) bond motifs is 1. The third-order valence-corrected chi connectivity index (χ3v) is 6.26. The van der Waals surface area contributed by atoms with Crippen molar-refractivity contribution in [2.24, 2.45) is 0 Å². The fourth-order valence-electron chi connectivity index (χ4n) is 4.23. The molecule has 0 spiro atoms. The summed E-state index contributed by atoms with van der Waals surface area (Å²) in [6, 6.07) is 13.3. The van der Waals surface area contributed by atoms with E-state index in [1.54, 1.807) is 19.1 Å². The predicted octanol–water partition coefficient (Wildman–Crippen LogP) is 2.00. The number of hydrogen-bond acceptors (Lipinski definition) is 9. The van der Waals surface area contributed by atoms with Crippen LogP contribution >= 0.6 is 0 Å². The molecule has 2 heterocycles. The predicted molar refractivity (Wildman–Crippen MR) is 128 cm³/mol. The van der Waals surface area contributed by atoms with Crippen molar-refractivity contribution in [2.45, 2.75) is 57.1 Å². The summed E-state index contributed by atoms with van der Waals surface area (Å²) in [4.78, 5) is 14.6. The molecule has 1 aromatic heterocycles. The lowest BCUT2D eigenvalue weighted by molar-refractivity contribution is -0.385. The maximum atomic E-state index is 11.4. The van der Waals surface area contributed by atoms with Gasteiger partial charge >= 0.3 is 6.16 Å². The van der Waals surface area contributed by atoms with E-state index in [4.69, 9.17) is 14.2 Å². The normalized spacial score (nSPS) is 26.1. The highest BCUT2D eigenvalue weighted by atomic mass is 16.7. The number of aryl methyl sites for hydroxylation is 1. The Morgan fingerprint density at radius 3 is 2.47 bits per heavy atom. The van der Waals surface area contributed by atoms with Crippen LogP contribution in [0.3, 0.4) is 0 Å². The Morgan fingerprint density at radius 1 is 1.06 bits per heavy atom. The monoisotopic (exact) mass is 501 g/mol. The number of H-pyrrole nitrogens is 1. The molecule has 0 saturated carbocycles. The van der Waals surface area contributed by atoms with Gasteiger partial charge in [-0.3, -0.25) is 0 Å². The van der Waals surface area contributed by atoms with Crippen LogP contribution in [-0.4, -0.2) is 75.2 Å². The number of benzene rings is 2. The molecule has 10 nitrogen and oxygen atoms in total. The number of aliphatic hydroxyl groups excluding tert-OH is 3. The van der Waals surface area contributed by atoms with Crippen LogP contribution in [0.1, 0.15) is 30.5 Å². The molecule has 194 valence electrons. The first-order valence-corrected chi connectivity index (χ1v) is 11.8. The van der Waals surface area contributed by atoms with E-state index in [1.807, 2.05) is 24.4 Å². The molecule has 0 amide bonds. The first-order chi connectivity index (χ1) is 17.3. The van der Waals surface area contributed by atoms with E-state index in [2.05, 4.69) is 28.8 Å². The minimum Gasteiger partial charge on any atom is -0.454 e. The molecular weight excluding hydrogens is 470 g/mol. The van der Waals surface area contributed by atoms with Crippen molar-refractivity contribution in [3.63, 3.8) is 0 Å². The molecule has 3 aromatic rings. The lowest BCUT2D eigenvalue weighted by Crippen LogP contribution is -2.69. The number of nitrogens with one attached hydrogen (secondary N) is 1. The SMILES string of the molecule is CCOC(=O)OC[C@H]1OC(O)[C@@](O)(Oc2cccc3[nH]cc(Cc4ccc(CC)cc4)c23)[C@@H](O)[C@@H]1O. The summed E-state index contributed by atoms with van der Waals surface area (Å²) in [7, 11) is 0. The Hall–Kier alpha value is -3.15. The topological polar surface area (TPSA) is 151 Å². The second-order valence-corrected chi connectivity index (χ2v) is 8.65. The summed E-state index contributed by atoms with van der Waals surface area (Å²) in [6.07, 6.45) is -4.77. The summed E-state index contributed by atoms with van der Waals surface area (Å²) in [5.41, 5.74) is 3.89. The van der Waals surface area contributed by atoms with Crippen LogP contribution in [0.25, 0.3) is 10.9 Å². The Kier molecular flexibility index (Phi) is 7.82. The summed E-state index contributed by atoms with van der Waals surface area (Å²) in [6.45, 7) is 3.26.